The molecule has 2 amide bonds. The number of aromatic nitrogens is 1. The summed E-state index contributed by atoms with van der Waals surface area (Å²) in [6.45, 7) is 1.18. The Kier molecular flexibility index (Phi) is 4.98. The third-order valence-electron chi connectivity index (χ3n) is 4.49. The SMILES string of the molecule is O=C(Cc1ccccc1)Nc1nc2c(s1)CN(C(=O)c1ccccc1)CC2. The van der Waals surface area contributed by atoms with Crippen molar-refractivity contribution < 1.29 is 9.59 Å². The molecule has 0 aliphatic carbocycles. The van der Waals surface area contributed by atoms with Gasteiger partial charge in [-0.1, -0.05) is 59.9 Å². The van der Waals surface area contributed by atoms with Gasteiger partial charge in [0, 0.05) is 23.4 Å². The summed E-state index contributed by atoms with van der Waals surface area (Å²) < 4.78 is 0. The van der Waals surface area contributed by atoms with Crippen molar-refractivity contribution in [3.63, 3.8) is 0 Å². The average Bonchev–Trinajstić information content (AvgIpc) is 3.10. The Morgan fingerprint density at radius 2 is 1.74 bits per heavy atom. The van der Waals surface area contributed by atoms with Crippen LogP contribution in [0, 0.1) is 0 Å². The molecule has 4 rings (SSSR count). The Bertz CT molecular complexity index is 954. The molecule has 5 nitrogen and oxygen atoms in total. The zero-order valence-corrected chi connectivity index (χ0v) is 15.5. The van der Waals surface area contributed by atoms with Gasteiger partial charge in [-0.15, -0.1) is 0 Å². The third-order valence-corrected chi connectivity index (χ3v) is 5.49. The molecule has 2 heterocycles. The maximum atomic E-state index is 12.6. The number of hydrogen-bond acceptors (Lipinski definition) is 4. The Balaban J connectivity index is 1.41. The van der Waals surface area contributed by atoms with Gasteiger partial charge in [0.25, 0.3) is 5.91 Å². The number of rotatable bonds is 4. The van der Waals surface area contributed by atoms with Gasteiger partial charge in [0.05, 0.1) is 18.7 Å². The maximum Gasteiger partial charge on any atom is 0.254 e. The van der Waals surface area contributed by atoms with Crippen LogP contribution >= 0.6 is 11.3 Å². The second-order valence-corrected chi connectivity index (χ2v) is 7.53. The second-order valence-electron chi connectivity index (χ2n) is 6.44. The first-order chi connectivity index (χ1) is 13.2. The number of fused-ring (bicyclic) bond motifs is 1. The first kappa shape index (κ1) is 17.4. The molecule has 27 heavy (non-hydrogen) atoms. The van der Waals surface area contributed by atoms with E-state index in [9.17, 15) is 9.59 Å². The zero-order valence-electron chi connectivity index (χ0n) is 14.7. The van der Waals surface area contributed by atoms with Crippen LogP contribution in [0.25, 0.3) is 0 Å². The van der Waals surface area contributed by atoms with Crippen molar-refractivity contribution in [2.75, 3.05) is 11.9 Å². The van der Waals surface area contributed by atoms with E-state index in [4.69, 9.17) is 0 Å². The van der Waals surface area contributed by atoms with Crippen LogP contribution in [0.1, 0.15) is 26.5 Å². The fourth-order valence-corrected chi connectivity index (χ4v) is 4.17. The highest BCUT2D eigenvalue weighted by atomic mass is 32.1. The lowest BCUT2D eigenvalue weighted by Gasteiger charge is -2.26. The molecule has 2 aromatic carbocycles. The third kappa shape index (κ3) is 4.06. The van der Waals surface area contributed by atoms with Crippen LogP contribution in [-0.2, 0) is 24.2 Å². The smallest absolute Gasteiger partial charge is 0.254 e. The summed E-state index contributed by atoms with van der Waals surface area (Å²) in [5.41, 5.74) is 2.64. The predicted molar refractivity (Wildman–Crippen MR) is 106 cm³/mol. The van der Waals surface area contributed by atoms with Gasteiger partial charge >= 0.3 is 0 Å². The molecule has 1 aliphatic rings. The van der Waals surface area contributed by atoms with Crippen molar-refractivity contribution in [2.24, 2.45) is 0 Å². The van der Waals surface area contributed by atoms with Crippen molar-refractivity contribution in [1.82, 2.24) is 9.88 Å². The summed E-state index contributed by atoms with van der Waals surface area (Å²) in [6.07, 6.45) is 1.03. The van der Waals surface area contributed by atoms with Crippen molar-refractivity contribution in [2.45, 2.75) is 19.4 Å². The topological polar surface area (TPSA) is 62.3 Å². The van der Waals surface area contributed by atoms with E-state index in [0.717, 1.165) is 16.1 Å². The number of thiazole rings is 1. The van der Waals surface area contributed by atoms with E-state index in [1.165, 1.54) is 11.3 Å². The molecular formula is C21H19N3O2S. The number of hydrogen-bond donors (Lipinski definition) is 1. The second kappa shape index (κ2) is 7.72. The Hall–Kier alpha value is -2.99. The fraction of sp³-hybridized carbons (Fsp3) is 0.190. The number of anilines is 1. The molecule has 136 valence electrons. The number of benzene rings is 2. The Labute approximate surface area is 161 Å². The van der Waals surface area contributed by atoms with E-state index in [-0.39, 0.29) is 11.8 Å². The predicted octanol–water partition coefficient (Wildman–Crippen LogP) is 3.52. The van der Waals surface area contributed by atoms with Crippen molar-refractivity contribution in [3.8, 4) is 0 Å². The quantitative estimate of drug-likeness (QED) is 0.757. The number of carbonyl (C=O) groups is 2. The van der Waals surface area contributed by atoms with Crippen LogP contribution < -0.4 is 5.32 Å². The van der Waals surface area contributed by atoms with Gasteiger partial charge in [0.15, 0.2) is 5.13 Å². The Morgan fingerprint density at radius 3 is 2.48 bits per heavy atom. The highest BCUT2D eigenvalue weighted by Crippen LogP contribution is 2.29. The minimum absolute atomic E-state index is 0.0318. The normalized spacial score (nSPS) is 13.1. The van der Waals surface area contributed by atoms with Gasteiger partial charge in [-0.05, 0) is 17.7 Å². The molecule has 0 bridgehead atoms. The highest BCUT2D eigenvalue weighted by Gasteiger charge is 2.25. The van der Waals surface area contributed by atoms with Gasteiger partial charge in [-0.3, -0.25) is 9.59 Å². The summed E-state index contributed by atoms with van der Waals surface area (Å²) in [5, 5.41) is 3.49. The molecule has 0 unspecified atom stereocenters. The van der Waals surface area contributed by atoms with Crippen LogP contribution in [0.3, 0.4) is 0 Å². The van der Waals surface area contributed by atoms with Gasteiger partial charge in [0.2, 0.25) is 5.91 Å². The maximum absolute atomic E-state index is 12.6. The molecule has 3 aromatic rings. The molecule has 0 saturated heterocycles. The fourth-order valence-electron chi connectivity index (χ4n) is 3.13. The monoisotopic (exact) mass is 377 g/mol. The minimum atomic E-state index is -0.0792. The van der Waals surface area contributed by atoms with E-state index in [2.05, 4.69) is 10.3 Å². The number of nitrogens with one attached hydrogen (secondary N) is 1. The van der Waals surface area contributed by atoms with Crippen molar-refractivity contribution in [3.05, 3.63) is 82.4 Å². The Morgan fingerprint density at radius 1 is 1.04 bits per heavy atom. The summed E-state index contributed by atoms with van der Waals surface area (Å²) in [5.74, 6) is -0.0474. The molecule has 1 aromatic heterocycles. The number of amides is 2. The molecule has 1 N–H and O–H groups in total. The lowest BCUT2D eigenvalue weighted by Crippen LogP contribution is -2.35. The summed E-state index contributed by atoms with van der Waals surface area (Å²) >= 11 is 1.45. The zero-order chi connectivity index (χ0) is 18.6. The summed E-state index contributed by atoms with van der Waals surface area (Å²) in [7, 11) is 0. The highest BCUT2D eigenvalue weighted by molar-refractivity contribution is 7.15. The van der Waals surface area contributed by atoms with E-state index in [1.54, 1.807) is 0 Å². The van der Waals surface area contributed by atoms with Gasteiger partial charge < -0.3 is 10.2 Å². The van der Waals surface area contributed by atoms with Gasteiger partial charge in [-0.2, -0.15) is 0 Å². The minimum Gasteiger partial charge on any atom is -0.333 e. The van der Waals surface area contributed by atoms with Crippen LogP contribution in [0.2, 0.25) is 0 Å². The van der Waals surface area contributed by atoms with Crippen molar-refractivity contribution in [1.29, 1.82) is 0 Å². The first-order valence-electron chi connectivity index (χ1n) is 8.86. The number of carbonyl (C=O) groups excluding carboxylic acids is 2. The molecule has 0 fully saturated rings. The molecule has 1 aliphatic heterocycles. The van der Waals surface area contributed by atoms with Gasteiger partial charge in [-0.25, -0.2) is 4.98 Å². The molecule has 0 atom stereocenters. The van der Waals surface area contributed by atoms with E-state index >= 15 is 0 Å². The van der Waals surface area contributed by atoms with Crippen molar-refractivity contribution >= 4 is 28.3 Å². The first-order valence-corrected chi connectivity index (χ1v) is 9.67. The lowest BCUT2D eigenvalue weighted by atomic mass is 10.1. The average molecular weight is 377 g/mol. The van der Waals surface area contributed by atoms with Crippen LogP contribution in [0.4, 0.5) is 5.13 Å². The largest absolute Gasteiger partial charge is 0.333 e. The van der Waals surface area contributed by atoms with Gasteiger partial charge in [0.1, 0.15) is 0 Å². The van der Waals surface area contributed by atoms with Crippen LogP contribution in [0.5, 0.6) is 0 Å². The summed E-state index contributed by atoms with van der Waals surface area (Å²) in [4.78, 5) is 32.3. The summed E-state index contributed by atoms with van der Waals surface area (Å²) in [6, 6.07) is 18.9. The molecule has 6 heteroatoms. The molecular weight excluding hydrogens is 358 g/mol. The molecule has 0 saturated carbocycles. The van der Waals surface area contributed by atoms with Crippen LogP contribution in [-0.4, -0.2) is 28.2 Å². The van der Waals surface area contributed by atoms with E-state index in [0.29, 0.717) is 36.6 Å². The van der Waals surface area contributed by atoms with Crippen LogP contribution in [0.15, 0.2) is 60.7 Å². The lowest BCUT2D eigenvalue weighted by molar-refractivity contribution is -0.115. The van der Waals surface area contributed by atoms with E-state index in [1.807, 2.05) is 65.6 Å². The molecule has 0 radical (unpaired) electrons. The van der Waals surface area contributed by atoms with E-state index < -0.39 is 0 Å². The standard InChI is InChI=1S/C21H19N3O2S/c25-19(13-15-7-3-1-4-8-15)23-21-22-17-11-12-24(14-18(17)27-21)20(26)16-9-5-2-6-10-16/h1-10H,11-14H2,(H,22,23,25). The number of nitrogens with zero attached hydrogens (tertiary/aromatic N) is 2. The molecule has 0 spiro atoms.